The predicted molar refractivity (Wildman–Crippen MR) is 61.8 cm³/mol. The first kappa shape index (κ1) is 9.37. The molecule has 2 heteroatoms. The highest BCUT2D eigenvalue weighted by Gasteiger charge is 2.45. The van der Waals surface area contributed by atoms with E-state index < -0.39 is 0 Å². The topological polar surface area (TPSA) is 38.0 Å². The number of hydrogen-bond acceptors (Lipinski definition) is 2. The van der Waals surface area contributed by atoms with Crippen molar-refractivity contribution in [1.82, 2.24) is 5.32 Å². The lowest BCUT2D eigenvalue weighted by Crippen LogP contribution is -2.38. The molecule has 80 valence electrons. The number of aryl methyl sites for hydroxylation is 1. The standard InChI is InChI=1S/C13H18N2/c1-8-2-4-9(5-3-8)12-10-6-7-11(15-10)13(12)14/h2-5,10-13,15H,6-7,14H2,1H3. The highest BCUT2D eigenvalue weighted by Crippen LogP contribution is 2.39. The van der Waals surface area contributed by atoms with E-state index in [2.05, 4.69) is 36.5 Å². The Bertz CT molecular complexity index is 355. The number of fused-ring (bicyclic) bond motifs is 2. The molecule has 2 heterocycles. The van der Waals surface area contributed by atoms with Crippen LogP contribution in [0.5, 0.6) is 0 Å². The van der Waals surface area contributed by atoms with Gasteiger partial charge in [-0.05, 0) is 25.3 Å². The summed E-state index contributed by atoms with van der Waals surface area (Å²) in [5, 5.41) is 3.62. The summed E-state index contributed by atoms with van der Waals surface area (Å²) in [6.07, 6.45) is 2.55. The zero-order valence-electron chi connectivity index (χ0n) is 9.11. The second-order valence-corrected chi connectivity index (χ2v) is 4.97. The van der Waals surface area contributed by atoms with Crippen LogP contribution in [0.25, 0.3) is 0 Å². The molecule has 3 N–H and O–H groups in total. The lowest BCUT2D eigenvalue weighted by Gasteiger charge is -2.26. The van der Waals surface area contributed by atoms with Gasteiger partial charge in [-0.25, -0.2) is 0 Å². The third kappa shape index (κ3) is 1.40. The van der Waals surface area contributed by atoms with Gasteiger partial charge in [0.1, 0.15) is 0 Å². The summed E-state index contributed by atoms with van der Waals surface area (Å²) in [7, 11) is 0. The summed E-state index contributed by atoms with van der Waals surface area (Å²) in [5.74, 6) is 0.532. The molecule has 2 fully saturated rings. The number of rotatable bonds is 1. The zero-order chi connectivity index (χ0) is 10.4. The second kappa shape index (κ2) is 3.32. The minimum absolute atomic E-state index is 0.312. The lowest BCUT2D eigenvalue weighted by atomic mass is 9.80. The van der Waals surface area contributed by atoms with Gasteiger partial charge in [0.05, 0.1) is 0 Å². The van der Waals surface area contributed by atoms with Gasteiger partial charge >= 0.3 is 0 Å². The van der Waals surface area contributed by atoms with Crippen molar-refractivity contribution in [2.24, 2.45) is 5.73 Å². The van der Waals surface area contributed by atoms with E-state index in [9.17, 15) is 0 Å². The fourth-order valence-electron chi connectivity index (χ4n) is 3.15. The van der Waals surface area contributed by atoms with Crippen LogP contribution < -0.4 is 11.1 Å². The summed E-state index contributed by atoms with van der Waals surface area (Å²) in [4.78, 5) is 0. The van der Waals surface area contributed by atoms with E-state index in [-0.39, 0.29) is 0 Å². The van der Waals surface area contributed by atoms with Gasteiger partial charge < -0.3 is 11.1 Å². The molecule has 0 aromatic heterocycles. The van der Waals surface area contributed by atoms with Crippen LogP contribution in [-0.4, -0.2) is 18.1 Å². The van der Waals surface area contributed by atoms with Crippen molar-refractivity contribution < 1.29 is 0 Å². The van der Waals surface area contributed by atoms with Crippen molar-refractivity contribution in [3.63, 3.8) is 0 Å². The average molecular weight is 202 g/mol. The molecule has 0 amide bonds. The van der Waals surface area contributed by atoms with Crippen LogP contribution in [0.4, 0.5) is 0 Å². The largest absolute Gasteiger partial charge is 0.326 e. The van der Waals surface area contributed by atoms with Gasteiger partial charge in [-0.1, -0.05) is 29.8 Å². The smallest absolute Gasteiger partial charge is 0.0279 e. The molecule has 4 atom stereocenters. The van der Waals surface area contributed by atoms with E-state index in [1.165, 1.54) is 24.0 Å². The van der Waals surface area contributed by atoms with Crippen LogP contribution in [0.3, 0.4) is 0 Å². The van der Waals surface area contributed by atoms with Gasteiger partial charge in [-0.2, -0.15) is 0 Å². The van der Waals surface area contributed by atoms with E-state index in [0.717, 1.165) is 0 Å². The first-order valence-electron chi connectivity index (χ1n) is 5.84. The summed E-state index contributed by atoms with van der Waals surface area (Å²) < 4.78 is 0. The monoisotopic (exact) mass is 202 g/mol. The minimum Gasteiger partial charge on any atom is -0.326 e. The van der Waals surface area contributed by atoms with Crippen molar-refractivity contribution >= 4 is 0 Å². The van der Waals surface area contributed by atoms with Gasteiger partial charge in [-0.3, -0.25) is 0 Å². The lowest BCUT2D eigenvalue weighted by molar-refractivity contribution is 0.444. The number of nitrogens with one attached hydrogen (secondary N) is 1. The molecule has 1 aromatic rings. The number of benzene rings is 1. The van der Waals surface area contributed by atoms with Crippen LogP contribution in [0.2, 0.25) is 0 Å². The second-order valence-electron chi connectivity index (χ2n) is 4.97. The molecule has 2 bridgehead atoms. The van der Waals surface area contributed by atoms with E-state index in [4.69, 9.17) is 5.73 Å². The third-order valence-corrected chi connectivity index (χ3v) is 3.99. The van der Waals surface area contributed by atoms with Crippen molar-refractivity contribution in [3.05, 3.63) is 35.4 Å². The third-order valence-electron chi connectivity index (χ3n) is 3.99. The Morgan fingerprint density at radius 2 is 1.80 bits per heavy atom. The molecule has 1 aromatic carbocycles. The molecule has 3 rings (SSSR count). The van der Waals surface area contributed by atoms with E-state index in [1.54, 1.807) is 0 Å². The van der Waals surface area contributed by atoms with Crippen molar-refractivity contribution in [2.45, 2.75) is 43.8 Å². The fourth-order valence-corrected chi connectivity index (χ4v) is 3.15. The molecule has 0 aliphatic carbocycles. The summed E-state index contributed by atoms with van der Waals surface area (Å²) in [6.45, 7) is 2.13. The predicted octanol–water partition coefficient (Wildman–Crippen LogP) is 1.54. The van der Waals surface area contributed by atoms with Crippen LogP contribution in [0.15, 0.2) is 24.3 Å². The maximum Gasteiger partial charge on any atom is 0.0279 e. The fraction of sp³-hybridized carbons (Fsp3) is 0.538. The highest BCUT2D eigenvalue weighted by molar-refractivity contribution is 5.30. The molecular weight excluding hydrogens is 184 g/mol. The molecule has 2 aliphatic rings. The van der Waals surface area contributed by atoms with E-state index in [1.807, 2.05) is 0 Å². The molecule has 2 aliphatic heterocycles. The zero-order valence-corrected chi connectivity index (χ0v) is 9.11. The number of nitrogens with two attached hydrogens (primary N) is 1. The molecule has 0 spiro atoms. The van der Waals surface area contributed by atoms with Gasteiger partial charge in [0.2, 0.25) is 0 Å². The van der Waals surface area contributed by atoms with Crippen LogP contribution in [0.1, 0.15) is 29.9 Å². The Labute approximate surface area is 90.9 Å². The van der Waals surface area contributed by atoms with Crippen molar-refractivity contribution in [3.8, 4) is 0 Å². The highest BCUT2D eigenvalue weighted by atomic mass is 15.1. The quantitative estimate of drug-likeness (QED) is 0.725. The van der Waals surface area contributed by atoms with Crippen LogP contribution in [0, 0.1) is 6.92 Å². The first-order chi connectivity index (χ1) is 7.25. The van der Waals surface area contributed by atoms with Crippen LogP contribution >= 0.6 is 0 Å². The Hall–Kier alpha value is -0.860. The SMILES string of the molecule is Cc1ccc(C2C3CCC(N3)C2N)cc1. The molecule has 0 radical (unpaired) electrons. The van der Waals surface area contributed by atoms with Gasteiger partial charge in [-0.15, -0.1) is 0 Å². The van der Waals surface area contributed by atoms with E-state index in [0.29, 0.717) is 24.0 Å². The van der Waals surface area contributed by atoms with E-state index >= 15 is 0 Å². The Morgan fingerprint density at radius 3 is 2.40 bits per heavy atom. The maximum atomic E-state index is 6.27. The van der Waals surface area contributed by atoms with Crippen molar-refractivity contribution in [1.29, 1.82) is 0 Å². The molecular formula is C13H18N2. The Balaban J connectivity index is 1.91. The van der Waals surface area contributed by atoms with Gasteiger partial charge in [0, 0.05) is 24.0 Å². The summed E-state index contributed by atoms with van der Waals surface area (Å²) >= 11 is 0. The first-order valence-corrected chi connectivity index (χ1v) is 5.84. The maximum absolute atomic E-state index is 6.27. The average Bonchev–Trinajstić information content (AvgIpc) is 2.80. The van der Waals surface area contributed by atoms with Crippen LogP contribution in [-0.2, 0) is 0 Å². The molecule has 4 unspecified atom stereocenters. The Kier molecular flexibility index (Phi) is 2.08. The van der Waals surface area contributed by atoms with Gasteiger partial charge in [0.25, 0.3) is 0 Å². The molecule has 2 nitrogen and oxygen atoms in total. The molecule has 2 saturated heterocycles. The summed E-state index contributed by atoms with van der Waals surface area (Å²) in [5.41, 5.74) is 9.00. The Morgan fingerprint density at radius 1 is 1.13 bits per heavy atom. The normalized spacial score (nSPS) is 38.5. The van der Waals surface area contributed by atoms with Gasteiger partial charge in [0.15, 0.2) is 0 Å². The molecule has 0 saturated carbocycles. The summed E-state index contributed by atoms with van der Waals surface area (Å²) in [6, 6.07) is 10.3. The minimum atomic E-state index is 0.312. The number of hydrogen-bond donors (Lipinski definition) is 2. The van der Waals surface area contributed by atoms with Crippen molar-refractivity contribution in [2.75, 3.05) is 0 Å². The molecule has 15 heavy (non-hydrogen) atoms.